The number of hydrogen-bond donors (Lipinski definition) is 1. The van der Waals surface area contributed by atoms with Crippen molar-refractivity contribution < 1.29 is 9.53 Å². The van der Waals surface area contributed by atoms with E-state index in [2.05, 4.69) is 29.4 Å². The Morgan fingerprint density at radius 2 is 1.67 bits per heavy atom. The van der Waals surface area contributed by atoms with Crippen molar-refractivity contribution in [2.45, 2.75) is 24.9 Å². The fourth-order valence-corrected chi connectivity index (χ4v) is 4.36. The molecule has 3 aromatic carbocycles. The third kappa shape index (κ3) is 5.09. The van der Waals surface area contributed by atoms with Gasteiger partial charge in [0, 0.05) is 11.4 Å². The number of amides is 1. The van der Waals surface area contributed by atoms with E-state index in [0.29, 0.717) is 22.6 Å². The second kappa shape index (κ2) is 10.4. The molecule has 0 aliphatic carbocycles. The summed E-state index contributed by atoms with van der Waals surface area (Å²) in [7, 11) is 1.64. The lowest BCUT2D eigenvalue weighted by Crippen LogP contribution is -2.16. The van der Waals surface area contributed by atoms with E-state index in [1.165, 1.54) is 11.8 Å². The van der Waals surface area contributed by atoms with Crippen LogP contribution in [0, 0.1) is 0 Å². The first kappa shape index (κ1) is 22.6. The van der Waals surface area contributed by atoms with E-state index in [4.69, 9.17) is 4.74 Å². The molecular weight excluding hydrogens is 432 g/mol. The lowest BCUT2D eigenvalue weighted by atomic mass is 10.0. The predicted octanol–water partition coefficient (Wildman–Crippen LogP) is 5.80. The van der Waals surface area contributed by atoms with Crippen molar-refractivity contribution in [2.75, 3.05) is 18.2 Å². The number of aromatic nitrogens is 3. The molecule has 0 bridgehead atoms. The summed E-state index contributed by atoms with van der Waals surface area (Å²) < 4.78 is 7.50. The van der Waals surface area contributed by atoms with Crippen LogP contribution in [0.2, 0.25) is 0 Å². The van der Waals surface area contributed by atoms with E-state index in [0.717, 1.165) is 22.5 Å². The second-order valence-corrected chi connectivity index (χ2v) is 8.70. The van der Waals surface area contributed by atoms with Gasteiger partial charge in [-0.25, -0.2) is 0 Å². The van der Waals surface area contributed by atoms with Gasteiger partial charge in [-0.1, -0.05) is 74.1 Å². The third-order valence-electron chi connectivity index (χ3n) is 5.18. The summed E-state index contributed by atoms with van der Waals surface area (Å²) in [4.78, 5) is 12.8. The Balaban J connectivity index is 1.61. The number of hydrogen-bond acceptors (Lipinski definition) is 5. The van der Waals surface area contributed by atoms with E-state index in [1.54, 1.807) is 7.11 Å². The van der Waals surface area contributed by atoms with Gasteiger partial charge in [0.1, 0.15) is 5.75 Å². The van der Waals surface area contributed by atoms with Gasteiger partial charge in [-0.15, -0.1) is 10.2 Å². The van der Waals surface area contributed by atoms with Crippen LogP contribution in [-0.4, -0.2) is 33.5 Å². The zero-order chi connectivity index (χ0) is 23.2. The molecule has 0 aliphatic heterocycles. The van der Waals surface area contributed by atoms with E-state index >= 15 is 0 Å². The topological polar surface area (TPSA) is 69.0 Å². The predicted molar refractivity (Wildman–Crippen MR) is 133 cm³/mol. The molecule has 168 valence electrons. The molecule has 4 rings (SSSR count). The first-order chi connectivity index (χ1) is 16.1. The molecule has 1 aromatic heterocycles. The molecule has 33 heavy (non-hydrogen) atoms. The zero-order valence-corrected chi connectivity index (χ0v) is 19.7. The molecule has 0 fully saturated rings. The maximum Gasteiger partial charge on any atom is 0.234 e. The second-order valence-electron chi connectivity index (χ2n) is 7.76. The number of nitrogens with one attached hydrogen (secondary N) is 1. The first-order valence-electron chi connectivity index (χ1n) is 10.7. The van der Waals surface area contributed by atoms with Crippen LogP contribution in [-0.2, 0) is 4.79 Å². The van der Waals surface area contributed by atoms with E-state index < -0.39 is 0 Å². The fraction of sp³-hybridized carbons (Fsp3) is 0.192. The highest BCUT2D eigenvalue weighted by Gasteiger charge is 2.20. The number of carbonyl (C=O) groups excluding carboxylic acids is 1. The minimum absolute atomic E-state index is 0.0884. The Morgan fingerprint density at radius 3 is 2.42 bits per heavy atom. The maximum atomic E-state index is 12.8. The number of thioether (sulfide) groups is 1. The maximum absolute atomic E-state index is 12.8. The number of anilines is 1. The summed E-state index contributed by atoms with van der Waals surface area (Å²) >= 11 is 1.35. The molecule has 0 unspecified atom stereocenters. The monoisotopic (exact) mass is 458 g/mol. The van der Waals surface area contributed by atoms with Gasteiger partial charge >= 0.3 is 0 Å². The van der Waals surface area contributed by atoms with Crippen molar-refractivity contribution in [1.82, 2.24) is 14.8 Å². The number of carbonyl (C=O) groups is 1. The number of nitrogens with zero attached hydrogens (tertiary/aromatic N) is 3. The Morgan fingerprint density at radius 1 is 0.970 bits per heavy atom. The number of para-hydroxylation sites is 3. The van der Waals surface area contributed by atoms with Crippen molar-refractivity contribution in [1.29, 1.82) is 0 Å². The summed E-state index contributed by atoms with van der Waals surface area (Å²) in [5.74, 6) is 1.81. The zero-order valence-electron chi connectivity index (χ0n) is 18.9. The van der Waals surface area contributed by atoms with Gasteiger partial charge in [-0.2, -0.15) is 0 Å². The SMILES string of the molecule is COc1ccccc1-c1nnc(SCC(=O)Nc2ccccc2C(C)C)n1-c1ccccc1. The average Bonchev–Trinajstić information content (AvgIpc) is 3.27. The molecule has 0 atom stereocenters. The summed E-state index contributed by atoms with van der Waals surface area (Å²) in [6.45, 7) is 4.23. The Labute approximate surface area is 198 Å². The molecule has 1 heterocycles. The molecule has 0 saturated carbocycles. The van der Waals surface area contributed by atoms with E-state index in [1.807, 2.05) is 83.4 Å². The lowest BCUT2D eigenvalue weighted by Gasteiger charge is -2.14. The molecule has 0 saturated heterocycles. The lowest BCUT2D eigenvalue weighted by molar-refractivity contribution is -0.113. The van der Waals surface area contributed by atoms with Crippen molar-refractivity contribution in [3.05, 3.63) is 84.4 Å². The Kier molecular flexibility index (Phi) is 7.10. The fourth-order valence-electron chi connectivity index (χ4n) is 3.61. The van der Waals surface area contributed by atoms with E-state index in [9.17, 15) is 4.79 Å². The van der Waals surface area contributed by atoms with Gasteiger partial charge in [0.2, 0.25) is 5.91 Å². The minimum atomic E-state index is -0.0884. The summed E-state index contributed by atoms with van der Waals surface area (Å²) in [6.07, 6.45) is 0. The molecule has 7 heteroatoms. The number of methoxy groups -OCH3 is 1. The number of rotatable bonds is 8. The molecule has 0 radical (unpaired) electrons. The van der Waals surface area contributed by atoms with Crippen LogP contribution in [0.25, 0.3) is 17.1 Å². The Hall–Kier alpha value is -3.58. The van der Waals surface area contributed by atoms with Crippen LogP contribution < -0.4 is 10.1 Å². The summed E-state index contributed by atoms with van der Waals surface area (Å²) in [6, 6.07) is 25.5. The van der Waals surface area contributed by atoms with Crippen molar-refractivity contribution in [2.24, 2.45) is 0 Å². The van der Waals surface area contributed by atoms with Crippen molar-refractivity contribution in [3.63, 3.8) is 0 Å². The highest BCUT2D eigenvalue weighted by Crippen LogP contribution is 2.33. The quantitative estimate of drug-likeness (QED) is 0.338. The van der Waals surface area contributed by atoms with Gasteiger partial charge in [0.15, 0.2) is 11.0 Å². The number of ether oxygens (including phenoxy) is 1. The molecular formula is C26H26N4O2S. The van der Waals surface area contributed by atoms with Crippen molar-refractivity contribution in [3.8, 4) is 22.8 Å². The van der Waals surface area contributed by atoms with E-state index in [-0.39, 0.29) is 11.7 Å². The largest absolute Gasteiger partial charge is 0.496 e. The summed E-state index contributed by atoms with van der Waals surface area (Å²) in [5, 5.41) is 12.5. The first-order valence-corrected chi connectivity index (χ1v) is 11.7. The van der Waals surface area contributed by atoms with Gasteiger partial charge in [0.25, 0.3) is 0 Å². The molecule has 1 amide bonds. The average molecular weight is 459 g/mol. The van der Waals surface area contributed by atoms with Crippen LogP contribution in [0.1, 0.15) is 25.3 Å². The van der Waals surface area contributed by atoms with Crippen LogP contribution in [0.15, 0.2) is 84.0 Å². The third-order valence-corrected chi connectivity index (χ3v) is 6.11. The van der Waals surface area contributed by atoms with Crippen molar-refractivity contribution >= 4 is 23.4 Å². The van der Waals surface area contributed by atoms with Crippen LogP contribution in [0.4, 0.5) is 5.69 Å². The molecule has 1 N–H and O–H groups in total. The van der Waals surface area contributed by atoms with Crippen LogP contribution in [0.5, 0.6) is 5.75 Å². The smallest absolute Gasteiger partial charge is 0.234 e. The Bertz CT molecular complexity index is 1240. The van der Waals surface area contributed by atoms with Gasteiger partial charge in [-0.05, 0) is 41.8 Å². The normalized spacial score (nSPS) is 10.9. The molecule has 4 aromatic rings. The molecule has 0 aliphatic rings. The summed E-state index contributed by atoms with van der Waals surface area (Å²) in [5.41, 5.74) is 3.70. The minimum Gasteiger partial charge on any atom is -0.496 e. The number of benzene rings is 3. The van der Waals surface area contributed by atoms with Gasteiger partial charge < -0.3 is 10.1 Å². The molecule has 0 spiro atoms. The highest BCUT2D eigenvalue weighted by molar-refractivity contribution is 7.99. The van der Waals surface area contributed by atoms with Crippen LogP contribution in [0.3, 0.4) is 0 Å². The standard InChI is InChI=1S/C26H26N4O2S/c1-18(2)20-13-7-9-15-22(20)27-24(31)17-33-26-29-28-25(21-14-8-10-16-23(21)32-3)30(26)19-11-5-4-6-12-19/h4-16,18H,17H2,1-3H3,(H,27,31). The van der Waals surface area contributed by atoms with Gasteiger partial charge in [0.05, 0.1) is 18.4 Å². The van der Waals surface area contributed by atoms with Crippen LogP contribution >= 0.6 is 11.8 Å². The van der Waals surface area contributed by atoms with Gasteiger partial charge in [-0.3, -0.25) is 9.36 Å². The molecule has 6 nitrogen and oxygen atoms in total. The highest BCUT2D eigenvalue weighted by atomic mass is 32.2.